The largest absolute Gasteiger partial charge is 0.481 e. The Morgan fingerprint density at radius 2 is 1.88 bits per heavy atom. The van der Waals surface area contributed by atoms with Crippen LogP contribution in [0.2, 0.25) is 0 Å². The summed E-state index contributed by atoms with van der Waals surface area (Å²) in [5, 5.41) is 10.1. The lowest BCUT2D eigenvalue weighted by atomic mass is 9.77. The highest BCUT2D eigenvalue weighted by Crippen LogP contribution is 2.54. The van der Waals surface area contributed by atoms with Crippen LogP contribution in [0.5, 0.6) is 0 Å². The van der Waals surface area contributed by atoms with E-state index in [1.165, 1.54) is 12.8 Å². The van der Waals surface area contributed by atoms with Gasteiger partial charge in [0.15, 0.2) is 5.78 Å². The molecule has 0 unspecified atom stereocenters. The Morgan fingerprint density at radius 3 is 2.64 bits per heavy atom. The van der Waals surface area contributed by atoms with Crippen molar-refractivity contribution in [2.75, 3.05) is 0 Å². The van der Waals surface area contributed by atoms with E-state index in [0.717, 1.165) is 37.4 Å². The highest BCUT2D eigenvalue weighted by molar-refractivity contribution is 8.01. The summed E-state index contributed by atoms with van der Waals surface area (Å²) in [4.78, 5) is 22.5. The van der Waals surface area contributed by atoms with Gasteiger partial charge in [0, 0.05) is 23.3 Å². The van der Waals surface area contributed by atoms with E-state index in [1.54, 1.807) is 0 Å². The first-order valence-corrected chi connectivity index (χ1v) is 10.8. The maximum absolute atomic E-state index is 12.0. The number of rotatable bonds is 12. The van der Waals surface area contributed by atoms with Crippen LogP contribution in [-0.4, -0.2) is 27.4 Å². The molecule has 2 saturated heterocycles. The van der Waals surface area contributed by atoms with Crippen molar-refractivity contribution in [1.29, 1.82) is 0 Å². The van der Waals surface area contributed by atoms with Crippen molar-refractivity contribution in [3.63, 3.8) is 0 Å². The van der Waals surface area contributed by atoms with Crippen LogP contribution in [0.15, 0.2) is 24.3 Å². The van der Waals surface area contributed by atoms with Crippen LogP contribution in [0.25, 0.3) is 0 Å². The summed E-state index contributed by atoms with van der Waals surface area (Å²) in [7, 11) is 0. The predicted octanol–water partition coefficient (Wildman–Crippen LogP) is 5.40. The maximum Gasteiger partial charge on any atom is 0.303 e. The van der Waals surface area contributed by atoms with Gasteiger partial charge in [0.05, 0.1) is 0 Å². The number of carbonyl (C=O) groups excluding carboxylic acids is 1. The van der Waals surface area contributed by atoms with E-state index >= 15 is 0 Å². The SMILES string of the molecule is CCCCCC(=O)/C=C/[C@H]1[C@H](C/C=C\CCCC(=O)O)[C@@H]2CC[C@H]1S2. The van der Waals surface area contributed by atoms with E-state index in [2.05, 4.69) is 36.9 Å². The van der Waals surface area contributed by atoms with Crippen molar-refractivity contribution in [1.82, 2.24) is 0 Å². The molecule has 0 saturated carbocycles. The van der Waals surface area contributed by atoms with Crippen LogP contribution in [0.4, 0.5) is 0 Å². The van der Waals surface area contributed by atoms with Gasteiger partial charge in [-0.25, -0.2) is 0 Å². The van der Waals surface area contributed by atoms with Crippen LogP contribution in [-0.2, 0) is 9.59 Å². The minimum Gasteiger partial charge on any atom is -0.481 e. The first-order valence-electron chi connectivity index (χ1n) is 9.85. The fourth-order valence-electron chi connectivity index (χ4n) is 3.98. The molecule has 0 spiro atoms. The van der Waals surface area contributed by atoms with Crippen LogP contribution in [0.3, 0.4) is 0 Å². The smallest absolute Gasteiger partial charge is 0.303 e. The highest BCUT2D eigenvalue weighted by atomic mass is 32.2. The highest BCUT2D eigenvalue weighted by Gasteiger charge is 2.46. The lowest BCUT2D eigenvalue weighted by Crippen LogP contribution is -2.25. The summed E-state index contributed by atoms with van der Waals surface area (Å²) in [6, 6.07) is 0. The third kappa shape index (κ3) is 6.65. The van der Waals surface area contributed by atoms with Crippen molar-refractivity contribution in [2.24, 2.45) is 11.8 Å². The van der Waals surface area contributed by atoms with Crippen LogP contribution in [0.1, 0.15) is 71.1 Å². The van der Waals surface area contributed by atoms with E-state index < -0.39 is 5.97 Å². The maximum atomic E-state index is 12.0. The van der Waals surface area contributed by atoms with Crippen molar-refractivity contribution >= 4 is 23.5 Å². The molecule has 2 aliphatic rings. The van der Waals surface area contributed by atoms with Gasteiger partial charge >= 0.3 is 5.97 Å². The lowest BCUT2D eigenvalue weighted by Gasteiger charge is -2.26. The molecule has 0 amide bonds. The molecule has 0 aliphatic carbocycles. The fourth-order valence-corrected chi connectivity index (χ4v) is 5.94. The number of hydrogen-bond donors (Lipinski definition) is 1. The van der Waals surface area contributed by atoms with Gasteiger partial charge in [0.1, 0.15) is 0 Å². The summed E-state index contributed by atoms with van der Waals surface area (Å²) < 4.78 is 0. The van der Waals surface area contributed by atoms with Gasteiger partial charge in [-0.05, 0) is 56.4 Å². The van der Waals surface area contributed by atoms with Gasteiger partial charge in [-0.2, -0.15) is 11.8 Å². The standard InChI is InChI=1S/C21H32O3S/c1-2-3-6-9-16(22)12-13-18-17(19-14-15-20(18)25-19)10-7-4-5-8-11-21(23)24/h4,7,12-13,17-20H,2-3,5-6,8-11,14-15H2,1H3,(H,23,24)/b7-4-,13-12+/t17-,18-,19-,20+/m0/s1. The van der Waals surface area contributed by atoms with E-state index in [9.17, 15) is 9.59 Å². The molecule has 1 N–H and O–H groups in total. The summed E-state index contributed by atoms with van der Waals surface area (Å²) in [6.07, 6.45) is 17.9. The Balaban J connectivity index is 1.79. The number of ketones is 1. The predicted molar refractivity (Wildman–Crippen MR) is 105 cm³/mol. The zero-order chi connectivity index (χ0) is 18.1. The zero-order valence-electron chi connectivity index (χ0n) is 15.4. The number of carboxylic acid groups (broad SMARTS) is 1. The number of unbranched alkanes of at least 4 members (excludes halogenated alkanes) is 3. The number of aliphatic carboxylic acids is 1. The molecule has 0 radical (unpaired) electrons. The van der Waals surface area contributed by atoms with Gasteiger partial charge in [0.2, 0.25) is 0 Å². The Kier molecular flexibility index (Phi) is 8.80. The molecule has 0 aromatic rings. The molecule has 0 aromatic carbocycles. The molecule has 2 bridgehead atoms. The number of carbonyl (C=O) groups is 2. The van der Waals surface area contributed by atoms with Gasteiger partial charge in [-0.3, -0.25) is 9.59 Å². The quantitative estimate of drug-likeness (QED) is 0.286. The summed E-state index contributed by atoms with van der Waals surface area (Å²) in [5.41, 5.74) is 0. The second-order valence-electron chi connectivity index (χ2n) is 7.31. The van der Waals surface area contributed by atoms with E-state index in [4.69, 9.17) is 5.11 Å². The average molecular weight is 365 g/mol. The third-order valence-corrected chi connectivity index (χ3v) is 7.19. The Labute approximate surface area is 156 Å². The normalized spacial score (nSPS) is 28.4. The van der Waals surface area contributed by atoms with Gasteiger partial charge in [0.25, 0.3) is 0 Å². The first kappa shape index (κ1) is 20.3. The molecule has 0 aromatic heterocycles. The Hall–Kier alpha value is -1.03. The molecule has 4 heteroatoms. The molecule has 140 valence electrons. The first-order chi connectivity index (χ1) is 12.1. The number of hydrogen-bond acceptors (Lipinski definition) is 3. The molecule has 2 heterocycles. The molecular weight excluding hydrogens is 332 g/mol. The molecular formula is C21H32O3S. The second-order valence-corrected chi connectivity index (χ2v) is 8.79. The Morgan fingerprint density at radius 1 is 1.08 bits per heavy atom. The van der Waals surface area contributed by atoms with Crippen molar-refractivity contribution in [3.05, 3.63) is 24.3 Å². The number of carboxylic acids is 1. The lowest BCUT2D eigenvalue weighted by molar-refractivity contribution is -0.137. The zero-order valence-corrected chi connectivity index (χ0v) is 16.2. The van der Waals surface area contributed by atoms with E-state index in [-0.39, 0.29) is 12.2 Å². The molecule has 2 fully saturated rings. The summed E-state index contributed by atoms with van der Waals surface area (Å²) in [6.45, 7) is 2.16. The fraction of sp³-hybridized carbons (Fsp3) is 0.714. The molecule has 25 heavy (non-hydrogen) atoms. The number of fused-ring (bicyclic) bond motifs is 2. The van der Waals surface area contributed by atoms with Crippen LogP contribution >= 0.6 is 11.8 Å². The second kappa shape index (κ2) is 10.8. The van der Waals surface area contributed by atoms with Gasteiger partial charge < -0.3 is 5.11 Å². The molecule has 2 rings (SSSR count). The van der Waals surface area contributed by atoms with Crippen molar-refractivity contribution < 1.29 is 14.7 Å². The molecule has 3 nitrogen and oxygen atoms in total. The Bertz CT molecular complexity index is 497. The van der Waals surface area contributed by atoms with Crippen LogP contribution < -0.4 is 0 Å². The number of thioether (sulfide) groups is 1. The van der Waals surface area contributed by atoms with Gasteiger partial charge in [-0.1, -0.05) is 38.0 Å². The molecule has 2 aliphatic heterocycles. The minimum atomic E-state index is -0.716. The summed E-state index contributed by atoms with van der Waals surface area (Å²) >= 11 is 2.12. The minimum absolute atomic E-state index is 0.250. The van der Waals surface area contributed by atoms with Crippen molar-refractivity contribution in [2.45, 2.75) is 81.6 Å². The van der Waals surface area contributed by atoms with Crippen LogP contribution in [0, 0.1) is 11.8 Å². The van der Waals surface area contributed by atoms with Gasteiger partial charge in [-0.15, -0.1) is 0 Å². The summed E-state index contributed by atoms with van der Waals surface area (Å²) in [5.74, 6) is 0.734. The van der Waals surface area contributed by atoms with E-state index in [0.29, 0.717) is 29.9 Å². The average Bonchev–Trinajstić information content (AvgIpc) is 3.17. The topological polar surface area (TPSA) is 54.4 Å². The number of allylic oxidation sites excluding steroid dienone is 4. The monoisotopic (exact) mass is 364 g/mol. The van der Waals surface area contributed by atoms with E-state index in [1.807, 2.05) is 6.08 Å². The third-order valence-electron chi connectivity index (χ3n) is 5.35. The molecule has 4 atom stereocenters. The van der Waals surface area contributed by atoms with Crippen molar-refractivity contribution in [3.8, 4) is 0 Å².